The van der Waals surface area contributed by atoms with Crippen molar-refractivity contribution in [3.8, 4) is 0 Å². The Bertz CT molecular complexity index is 270. The lowest BCUT2D eigenvalue weighted by Crippen LogP contribution is -2.40. The summed E-state index contributed by atoms with van der Waals surface area (Å²) in [5.74, 6) is 1.20. The third-order valence-corrected chi connectivity index (χ3v) is 2.36. The molecule has 0 aromatic heterocycles. The molecule has 0 unspecified atom stereocenters. The molecule has 2 N–H and O–H groups in total. The van der Waals surface area contributed by atoms with E-state index < -0.39 is 12.7 Å². The van der Waals surface area contributed by atoms with Gasteiger partial charge < -0.3 is 10.6 Å². The van der Waals surface area contributed by atoms with Crippen LogP contribution in [0.15, 0.2) is 4.99 Å². The molecule has 8 heteroatoms. The van der Waals surface area contributed by atoms with Crippen LogP contribution < -0.4 is 10.6 Å². The molecule has 0 fully saturated rings. The van der Waals surface area contributed by atoms with Crippen molar-refractivity contribution >= 4 is 29.9 Å². The molecule has 0 aliphatic heterocycles. The average molecular weight is 410 g/mol. The third-order valence-electron chi connectivity index (χ3n) is 2.36. The molecular weight excluding hydrogens is 384 g/mol. The van der Waals surface area contributed by atoms with E-state index in [2.05, 4.69) is 29.5 Å². The van der Waals surface area contributed by atoms with E-state index in [0.29, 0.717) is 31.4 Å². The Labute approximate surface area is 136 Å². The molecule has 0 aliphatic rings. The highest BCUT2D eigenvalue weighted by Crippen LogP contribution is 2.15. The number of nitrogens with zero attached hydrogens (tertiary/aromatic N) is 2. The van der Waals surface area contributed by atoms with Gasteiger partial charge in [-0.15, -0.1) is 24.0 Å². The van der Waals surface area contributed by atoms with Gasteiger partial charge in [0.05, 0.1) is 6.54 Å². The molecule has 122 valence electrons. The van der Waals surface area contributed by atoms with Crippen molar-refractivity contribution in [1.29, 1.82) is 0 Å². The van der Waals surface area contributed by atoms with Gasteiger partial charge in [-0.05, 0) is 25.9 Å². The molecule has 0 heterocycles. The molecule has 0 amide bonds. The van der Waals surface area contributed by atoms with Crippen LogP contribution in [0.1, 0.15) is 20.3 Å². The summed E-state index contributed by atoms with van der Waals surface area (Å²) in [4.78, 5) is 5.31. The van der Waals surface area contributed by atoms with Crippen LogP contribution in [0.3, 0.4) is 0 Å². The standard InChI is InChI=1S/C12H25F3N4.HI/c1-10(2)8-18-11(16-3)17-6-5-7-19(4)9-12(13,14)15;/h10H,5-9H2,1-4H3,(H2,16,17,18);1H. The van der Waals surface area contributed by atoms with Gasteiger partial charge in [0.1, 0.15) is 0 Å². The van der Waals surface area contributed by atoms with Gasteiger partial charge in [-0.1, -0.05) is 13.8 Å². The summed E-state index contributed by atoms with van der Waals surface area (Å²) in [6.45, 7) is 5.12. The van der Waals surface area contributed by atoms with Crippen molar-refractivity contribution in [3.63, 3.8) is 0 Å². The Morgan fingerprint density at radius 3 is 2.30 bits per heavy atom. The summed E-state index contributed by atoms with van der Waals surface area (Å²) < 4.78 is 36.3. The maximum Gasteiger partial charge on any atom is 0.401 e. The van der Waals surface area contributed by atoms with Crippen LogP contribution in [0, 0.1) is 5.92 Å². The maximum atomic E-state index is 12.1. The number of halogens is 4. The molecule has 0 aliphatic carbocycles. The SMILES string of the molecule is CN=C(NCCCN(C)CC(F)(F)F)NCC(C)C.I. The second kappa shape index (κ2) is 11.4. The summed E-state index contributed by atoms with van der Waals surface area (Å²) in [6.07, 6.45) is -3.49. The lowest BCUT2D eigenvalue weighted by Gasteiger charge is -2.19. The number of rotatable bonds is 7. The van der Waals surface area contributed by atoms with Crippen LogP contribution in [0.25, 0.3) is 0 Å². The van der Waals surface area contributed by atoms with E-state index in [0.717, 1.165) is 6.54 Å². The molecule has 0 saturated heterocycles. The lowest BCUT2D eigenvalue weighted by molar-refractivity contribution is -0.143. The maximum absolute atomic E-state index is 12.1. The predicted molar refractivity (Wildman–Crippen MR) is 87.8 cm³/mol. The highest BCUT2D eigenvalue weighted by Gasteiger charge is 2.28. The minimum Gasteiger partial charge on any atom is -0.356 e. The zero-order valence-corrected chi connectivity index (χ0v) is 14.9. The minimum atomic E-state index is -4.13. The highest BCUT2D eigenvalue weighted by atomic mass is 127. The number of nitrogens with one attached hydrogen (secondary N) is 2. The zero-order valence-electron chi connectivity index (χ0n) is 12.5. The molecule has 0 spiro atoms. The fourth-order valence-electron chi connectivity index (χ4n) is 1.46. The number of alkyl halides is 3. The van der Waals surface area contributed by atoms with E-state index in [4.69, 9.17) is 0 Å². The number of hydrogen-bond acceptors (Lipinski definition) is 2. The second-order valence-corrected chi connectivity index (χ2v) is 4.98. The van der Waals surface area contributed by atoms with Crippen LogP contribution in [0.4, 0.5) is 13.2 Å². The van der Waals surface area contributed by atoms with Gasteiger partial charge in [-0.25, -0.2) is 0 Å². The van der Waals surface area contributed by atoms with Gasteiger partial charge in [0.25, 0.3) is 0 Å². The first-order valence-electron chi connectivity index (χ1n) is 6.44. The summed E-state index contributed by atoms with van der Waals surface area (Å²) in [5, 5.41) is 6.21. The summed E-state index contributed by atoms with van der Waals surface area (Å²) in [6, 6.07) is 0. The van der Waals surface area contributed by atoms with E-state index in [1.54, 1.807) is 7.05 Å². The minimum absolute atomic E-state index is 0. The fourth-order valence-corrected chi connectivity index (χ4v) is 1.46. The van der Waals surface area contributed by atoms with Gasteiger partial charge in [-0.2, -0.15) is 13.2 Å². The summed E-state index contributed by atoms with van der Waals surface area (Å²) in [5.41, 5.74) is 0. The monoisotopic (exact) mass is 410 g/mol. The first-order chi connectivity index (χ1) is 8.74. The van der Waals surface area contributed by atoms with E-state index in [9.17, 15) is 13.2 Å². The molecule has 4 nitrogen and oxygen atoms in total. The van der Waals surface area contributed by atoms with Crippen LogP contribution in [-0.2, 0) is 0 Å². The van der Waals surface area contributed by atoms with Crippen molar-refractivity contribution in [1.82, 2.24) is 15.5 Å². The fraction of sp³-hybridized carbons (Fsp3) is 0.917. The molecule has 0 radical (unpaired) electrons. The first kappa shape index (κ1) is 22.0. The number of aliphatic imine (C=N–C) groups is 1. The van der Waals surface area contributed by atoms with E-state index in [1.807, 2.05) is 0 Å². The predicted octanol–water partition coefficient (Wildman–Crippen LogP) is 2.31. The molecule has 0 atom stereocenters. The third kappa shape index (κ3) is 14.2. The number of guanidine groups is 1. The molecule has 0 aromatic rings. The average Bonchev–Trinajstić information content (AvgIpc) is 2.25. The van der Waals surface area contributed by atoms with Crippen molar-refractivity contribution in [3.05, 3.63) is 0 Å². The van der Waals surface area contributed by atoms with Crippen molar-refractivity contribution in [2.24, 2.45) is 10.9 Å². The molecule has 0 saturated carbocycles. The highest BCUT2D eigenvalue weighted by molar-refractivity contribution is 14.0. The van der Waals surface area contributed by atoms with Gasteiger partial charge in [0.15, 0.2) is 5.96 Å². The Kier molecular flexibility index (Phi) is 12.6. The quantitative estimate of drug-likeness (QED) is 0.293. The summed E-state index contributed by atoms with van der Waals surface area (Å²) in [7, 11) is 3.14. The lowest BCUT2D eigenvalue weighted by atomic mass is 10.2. The van der Waals surface area contributed by atoms with Crippen molar-refractivity contribution in [2.75, 3.05) is 40.3 Å². The van der Waals surface area contributed by atoms with Crippen molar-refractivity contribution in [2.45, 2.75) is 26.4 Å². The molecule has 20 heavy (non-hydrogen) atoms. The van der Waals surface area contributed by atoms with E-state index >= 15 is 0 Å². The van der Waals surface area contributed by atoms with Crippen LogP contribution in [0.2, 0.25) is 0 Å². The first-order valence-corrected chi connectivity index (χ1v) is 6.44. The van der Waals surface area contributed by atoms with Gasteiger partial charge in [-0.3, -0.25) is 9.89 Å². The largest absolute Gasteiger partial charge is 0.401 e. The Morgan fingerprint density at radius 2 is 1.85 bits per heavy atom. The number of hydrogen-bond donors (Lipinski definition) is 2. The van der Waals surface area contributed by atoms with Crippen LogP contribution >= 0.6 is 24.0 Å². The zero-order chi connectivity index (χ0) is 14.9. The summed E-state index contributed by atoms with van der Waals surface area (Å²) >= 11 is 0. The molecule has 0 aromatic carbocycles. The Morgan fingerprint density at radius 1 is 1.25 bits per heavy atom. The van der Waals surface area contributed by atoms with E-state index in [1.165, 1.54) is 11.9 Å². The van der Waals surface area contributed by atoms with Gasteiger partial charge in [0.2, 0.25) is 0 Å². The normalized spacial score (nSPS) is 12.6. The van der Waals surface area contributed by atoms with Crippen LogP contribution in [0.5, 0.6) is 0 Å². The van der Waals surface area contributed by atoms with Gasteiger partial charge >= 0.3 is 6.18 Å². The Balaban J connectivity index is 0. The molecule has 0 rings (SSSR count). The molecular formula is C12H26F3IN4. The van der Waals surface area contributed by atoms with Crippen LogP contribution in [-0.4, -0.2) is 57.3 Å². The smallest absolute Gasteiger partial charge is 0.356 e. The topological polar surface area (TPSA) is 39.7 Å². The molecule has 0 bridgehead atoms. The second-order valence-electron chi connectivity index (χ2n) is 4.98. The van der Waals surface area contributed by atoms with Gasteiger partial charge in [0, 0.05) is 20.1 Å². The Hall–Kier alpha value is -0.250. The van der Waals surface area contributed by atoms with Crippen molar-refractivity contribution < 1.29 is 13.2 Å². The van der Waals surface area contributed by atoms with E-state index in [-0.39, 0.29) is 24.0 Å².